The lowest BCUT2D eigenvalue weighted by Crippen LogP contribution is -2.36. The summed E-state index contributed by atoms with van der Waals surface area (Å²) in [5.74, 6) is 0.790. The fourth-order valence-electron chi connectivity index (χ4n) is 2.17. The van der Waals surface area contributed by atoms with Gasteiger partial charge >= 0.3 is 0 Å². The van der Waals surface area contributed by atoms with Crippen LogP contribution in [-0.4, -0.2) is 18.0 Å². The highest BCUT2D eigenvalue weighted by Gasteiger charge is 2.12. The van der Waals surface area contributed by atoms with Gasteiger partial charge in [-0.25, -0.2) is 4.98 Å². The molecule has 0 amide bonds. The first kappa shape index (κ1) is 17.5. The third-order valence-electron chi connectivity index (χ3n) is 3.58. The normalized spacial score (nSPS) is 12.3. The molecule has 0 aliphatic heterocycles. The first-order chi connectivity index (χ1) is 10.9. The van der Waals surface area contributed by atoms with Gasteiger partial charge in [-0.3, -0.25) is 4.99 Å². The predicted molar refractivity (Wildman–Crippen MR) is 99.0 cm³/mol. The number of hydrogen-bond donors (Lipinski definition) is 2. The summed E-state index contributed by atoms with van der Waals surface area (Å²) >= 11 is 1.70. The van der Waals surface area contributed by atoms with Gasteiger partial charge in [-0.05, 0) is 23.5 Å². The Morgan fingerprint density at radius 2 is 1.78 bits per heavy atom. The predicted octanol–water partition coefficient (Wildman–Crippen LogP) is 3.61. The Balaban J connectivity index is 1.85. The van der Waals surface area contributed by atoms with E-state index in [9.17, 15) is 0 Å². The number of thiazole rings is 1. The van der Waals surface area contributed by atoms with Crippen molar-refractivity contribution in [1.82, 2.24) is 15.6 Å². The quantitative estimate of drug-likeness (QED) is 0.665. The molecule has 2 N–H and O–H groups in total. The van der Waals surface area contributed by atoms with E-state index in [0.717, 1.165) is 17.5 Å². The summed E-state index contributed by atoms with van der Waals surface area (Å²) in [7, 11) is 1.78. The summed E-state index contributed by atoms with van der Waals surface area (Å²) in [6.45, 7) is 10.2. The van der Waals surface area contributed by atoms with Crippen molar-refractivity contribution in [3.8, 4) is 0 Å². The molecule has 1 aromatic carbocycles. The fourth-order valence-corrected chi connectivity index (χ4v) is 2.90. The van der Waals surface area contributed by atoms with Crippen molar-refractivity contribution in [2.45, 2.75) is 46.2 Å². The Morgan fingerprint density at radius 1 is 1.13 bits per heavy atom. The molecular formula is C18H26N4S. The van der Waals surface area contributed by atoms with Crippen molar-refractivity contribution in [3.63, 3.8) is 0 Å². The maximum absolute atomic E-state index is 4.35. The molecule has 0 spiro atoms. The molecule has 0 saturated heterocycles. The van der Waals surface area contributed by atoms with E-state index in [1.807, 2.05) is 6.20 Å². The summed E-state index contributed by atoms with van der Waals surface area (Å²) in [4.78, 5) is 9.82. The zero-order valence-electron chi connectivity index (χ0n) is 14.6. The van der Waals surface area contributed by atoms with Crippen molar-refractivity contribution in [1.29, 1.82) is 0 Å². The molecule has 5 heteroatoms. The van der Waals surface area contributed by atoms with Crippen LogP contribution in [0.3, 0.4) is 0 Å². The molecule has 0 saturated carbocycles. The Kier molecular flexibility index (Phi) is 5.77. The SMILES string of the molecule is CN=C(NCc1ccc(C(C)(C)C)cc1)NCc1ncc(C)s1. The van der Waals surface area contributed by atoms with Crippen LogP contribution in [0, 0.1) is 6.92 Å². The van der Waals surface area contributed by atoms with E-state index in [-0.39, 0.29) is 5.41 Å². The van der Waals surface area contributed by atoms with E-state index < -0.39 is 0 Å². The minimum absolute atomic E-state index is 0.190. The van der Waals surface area contributed by atoms with Crippen molar-refractivity contribution in [3.05, 3.63) is 51.5 Å². The van der Waals surface area contributed by atoms with Crippen molar-refractivity contribution < 1.29 is 0 Å². The molecule has 0 unspecified atom stereocenters. The van der Waals surface area contributed by atoms with E-state index in [1.165, 1.54) is 16.0 Å². The number of rotatable bonds is 4. The van der Waals surface area contributed by atoms with Crippen LogP contribution in [0.5, 0.6) is 0 Å². The lowest BCUT2D eigenvalue weighted by atomic mass is 9.87. The average molecular weight is 331 g/mol. The van der Waals surface area contributed by atoms with Crippen LogP contribution in [0.4, 0.5) is 0 Å². The average Bonchev–Trinajstić information content (AvgIpc) is 2.92. The Labute approximate surface area is 143 Å². The van der Waals surface area contributed by atoms with Crippen molar-refractivity contribution in [2.75, 3.05) is 7.05 Å². The summed E-state index contributed by atoms with van der Waals surface area (Å²) in [6.07, 6.45) is 1.90. The maximum atomic E-state index is 4.35. The number of guanidine groups is 1. The summed E-state index contributed by atoms with van der Waals surface area (Å²) in [5.41, 5.74) is 2.78. The second-order valence-corrected chi connectivity index (χ2v) is 7.91. The highest BCUT2D eigenvalue weighted by atomic mass is 32.1. The highest BCUT2D eigenvalue weighted by Crippen LogP contribution is 2.22. The van der Waals surface area contributed by atoms with Crippen LogP contribution < -0.4 is 10.6 Å². The van der Waals surface area contributed by atoms with Crippen LogP contribution in [0.2, 0.25) is 0 Å². The third-order valence-corrected chi connectivity index (χ3v) is 4.49. The molecule has 23 heavy (non-hydrogen) atoms. The van der Waals surface area contributed by atoms with Gasteiger partial charge in [0, 0.05) is 24.7 Å². The van der Waals surface area contributed by atoms with Gasteiger partial charge in [0.15, 0.2) is 5.96 Å². The first-order valence-electron chi connectivity index (χ1n) is 7.84. The summed E-state index contributed by atoms with van der Waals surface area (Å²) in [5, 5.41) is 7.70. The minimum Gasteiger partial charge on any atom is -0.352 e. The van der Waals surface area contributed by atoms with Gasteiger partial charge < -0.3 is 10.6 Å². The van der Waals surface area contributed by atoms with Gasteiger partial charge in [0.1, 0.15) is 5.01 Å². The number of benzene rings is 1. The van der Waals surface area contributed by atoms with E-state index in [0.29, 0.717) is 6.54 Å². The summed E-state index contributed by atoms with van der Waals surface area (Å²) in [6, 6.07) is 8.74. The Morgan fingerprint density at radius 3 is 2.30 bits per heavy atom. The number of hydrogen-bond acceptors (Lipinski definition) is 3. The van der Waals surface area contributed by atoms with Crippen LogP contribution >= 0.6 is 11.3 Å². The second-order valence-electron chi connectivity index (χ2n) is 6.59. The van der Waals surface area contributed by atoms with Gasteiger partial charge in [-0.15, -0.1) is 11.3 Å². The maximum Gasteiger partial charge on any atom is 0.191 e. The second kappa shape index (κ2) is 7.59. The van der Waals surface area contributed by atoms with Crippen LogP contribution in [0.25, 0.3) is 0 Å². The topological polar surface area (TPSA) is 49.3 Å². The lowest BCUT2D eigenvalue weighted by molar-refractivity contribution is 0.590. The minimum atomic E-state index is 0.190. The molecule has 0 fully saturated rings. The molecule has 0 aliphatic carbocycles. The molecule has 2 rings (SSSR count). The standard InChI is InChI=1S/C18H26N4S/c1-13-10-20-16(23-13)12-22-17(19-5)21-11-14-6-8-15(9-7-14)18(2,3)4/h6-10H,11-12H2,1-5H3,(H2,19,21,22). The van der Waals surface area contributed by atoms with Gasteiger partial charge in [-0.2, -0.15) is 0 Å². The largest absolute Gasteiger partial charge is 0.352 e. The number of aryl methyl sites for hydroxylation is 1. The number of nitrogens with one attached hydrogen (secondary N) is 2. The zero-order valence-corrected chi connectivity index (χ0v) is 15.4. The molecule has 0 radical (unpaired) electrons. The van der Waals surface area contributed by atoms with Crippen molar-refractivity contribution >= 4 is 17.3 Å². The number of aromatic nitrogens is 1. The number of aliphatic imine (C=N–C) groups is 1. The first-order valence-corrected chi connectivity index (χ1v) is 8.65. The smallest absolute Gasteiger partial charge is 0.191 e. The van der Waals surface area contributed by atoms with Gasteiger partial charge in [0.05, 0.1) is 6.54 Å². The monoisotopic (exact) mass is 330 g/mol. The lowest BCUT2D eigenvalue weighted by Gasteiger charge is -2.19. The fraction of sp³-hybridized carbons (Fsp3) is 0.444. The van der Waals surface area contributed by atoms with E-state index >= 15 is 0 Å². The van der Waals surface area contributed by atoms with Gasteiger partial charge in [-0.1, -0.05) is 45.0 Å². The molecule has 0 aliphatic rings. The van der Waals surface area contributed by atoms with E-state index in [1.54, 1.807) is 18.4 Å². The Bertz CT molecular complexity index is 650. The molecule has 0 bridgehead atoms. The molecule has 4 nitrogen and oxygen atoms in total. The molecule has 124 valence electrons. The van der Waals surface area contributed by atoms with Crippen molar-refractivity contribution in [2.24, 2.45) is 4.99 Å². The van der Waals surface area contributed by atoms with E-state index in [2.05, 4.69) is 72.6 Å². The summed E-state index contributed by atoms with van der Waals surface area (Å²) < 4.78 is 0. The molecule has 2 aromatic rings. The molecule has 0 atom stereocenters. The Hall–Kier alpha value is -1.88. The van der Waals surface area contributed by atoms with Crippen LogP contribution in [0.1, 0.15) is 41.8 Å². The highest BCUT2D eigenvalue weighted by molar-refractivity contribution is 7.11. The molecule has 1 heterocycles. The van der Waals surface area contributed by atoms with Crippen LogP contribution in [0.15, 0.2) is 35.5 Å². The third kappa shape index (κ3) is 5.36. The van der Waals surface area contributed by atoms with Crippen LogP contribution in [-0.2, 0) is 18.5 Å². The molecule has 1 aromatic heterocycles. The van der Waals surface area contributed by atoms with Gasteiger partial charge in [0.2, 0.25) is 0 Å². The zero-order chi connectivity index (χ0) is 16.9. The number of nitrogens with zero attached hydrogens (tertiary/aromatic N) is 2. The molecular weight excluding hydrogens is 304 g/mol. The van der Waals surface area contributed by atoms with Gasteiger partial charge in [0.25, 0.3) is 0 Å². The van der Waals surface area contributed by atoms with E-state index in [4.69, 9.17) is 0 Å².